The second kappa shape index (κ2) is 4.49. The quantitative estimate of drug-likeness (QED) is 0.652. The third-order valence-electron chi connectivity index (χ3n) is 9.15. The minimum Gasteiger partial charge on any atom is -0.390 e. The Morgan fingerprint density at radius 2 is 1.52 bits per heavy atom. The van der Waals surface area contributed by atoms with Gasteiger partial charge in [0.05, 0.1) is 5.60 Å². The monoisotopic (exact) mass is 290 g/mol. The van der Waals surface area contributed by atoms with Gasteiger partial charge >= 0.3 is 0 Å². The zero-order chi connectivity index (χ0) is 14.9. The summed E-state index contributed by atoms with van der Waals surface area (Å²) in [5.74, 6) is 3.69. The SMILES string of the molecule is C[C@]12CCCC[C@@H]1CC[C@@H]1[C@@H]2CC[C@@]2(C)[C@H]1CC[C@@]2(C)O. The standard InChI is InChI=1S/C20H34O/c1-18-11-5-4-6-14(18)7-8-15-16(18)9-12-19(2)17(15)10-13-20(19,3)21/h14-17,21H,4-13H2,1-3H3/t14-,15-,16+,17+,18+,19+,20-/m1/s1. The molecule has 120 valence electrons. The lowest BCUT2D eigenvalue weighted by molar-refractivity contribution is -0.145. The highest BCUT2D eigenvalue weighted by Gasteiger charge is 2.62. The Hall–Kier alpha value is -0.0400. The van der Waals surface area contributed by atoms with E-state index in [4.69, 9.17) is 0 Å². The average Bonchev–Trinajstić information content (AvgIpc) is 2.69. The normalized spacial score (nSPS) is 60.0. The Morgan fingerprint density at radius 1 is 0.762 bits per heavy atom. The summed E-state index contributed by atoms with van der Waals surface area (Å²) in [5, 5.41) is 10.9. The minimum absolute atomic E-state index is 0.200. The van der Waals surface area contributed by atoms with Crippen molar-refractivity contribution in [2.45, 2.75) is 90.6 Å². The van der Waals surface area contributed by atoms with Crippen LogP contribution in [0.3, 0.4) is 0 Å². The number of hydrogen-bond donors (Lipinski definition) is 1. The predicted octanol–water partition coefficient (Wildman–Crippen LogP) is 5.17. The van der Waals surface area contributed by atoms with E-state index in [1.165, 1.54) is 57.8 Å². The van der Waals surface area contributed by atoms with Gasteiger partial charge in [-0.05, 0) is 92.8 Å². The van der Waals surface area contributed by atoms with E-state index in [0.717, 1.165) is 30.1 Å². The predicted molar refractivity (Wildman–Crippen MR) is 87.0 cm³/mol. The summed E-state index contributed by atoms with van der Waals surface area (Å²) < 4.78 is 0. The third kappa shape index (κ3) is 1.79. The van der Waals surface area contributed by atoms with Crippen LogP contribution < -0.4 is 0 Å². The van der Waals surface area contributed by atoms with Gasteiger partial charge in [0.1, 0.15) is 0 Å². The van der Waals surface area contributed by atoms with Crippen LogP contribution in [0.2, 0.25) is 0 Å². The van der Waals surface area contributed by atoms with E-state index in [0.29, 0.717) is 5.41 Å². The lowest BCUT2D eigenvalue weighted by Crippen LogP contribution is -2.55. The molecule has 4 fully saturated rings. The number of rotatable bonds is 0. The molecule has 4 aliphatic rings. The molecule has 0 saturated heterocycles. The van der Waals surface area contributed by atoms with E-state index in [1.54, 1.807) is 0 Å². The average molecular weight is 290 g/mol. The zero-order valence-electron chi connectivity index (χ0n) is 14.3. The van der Waals surface area contributed by atoms with Crippen LogP contribution in [0, 0.1) is 34.5 Å². The molecule has 4 saturated carbocycles. The highest BCUT2D eigenvalue weighted by atomic mass is 16.3. The molecule has 0 spiro atoms. The molecule has 4 rings (SSSR count). The molecule has 0 amide bonds. The van der Waals surface area contributed by atoms with Crippen LogP contribution in [0.1, 0.15) is 85.0 Å². The van der Waals surface area contributed by atoms with Crippen molar-refractivity contribution in [1.82, 2.24) is 0 Å². The molecule has 0 bridgehead atoms. The minimum atomic E-state index is -0.410. The van der Waals surface area contributed by atoms with Crippen LogP contribution in [0.15, 0.2) is 0 Å². The smallest absolute Gasteiger partial charge is 0.0675 e. The third-order valence-corrected chi connectivity index (χ3v) is 9.15. The Bertz CT molecular complexity index is 428. The molecule has 0 aliphatic heterocycles. The van der Waals surface area contributed by atoms with E-state index in [9.17, 15) is 5.11 Å². The Kier molecular flexibility index (Phi) is 3.11. The lowest BCUT2D eigenvalue weighted by atomic mass is 9.44. The van der Waals surface area contributed by atoms with Gasteiger partial charge in [0.25, 0.3) is 0 Å². The van der Waals surface area contributed by atoms with E-state index in [-0.39, 0.29) is 5.41 Å². The van der Waals surface area contributed by atoms with Crippen molar-refractivity contribution in [3.63, 3.8) is 0 Å². The Morgan fingerprint density at radius 3 is 2.33 bits per heavy atom. The fourth-order valence-corrected chi connectivity index (χ4v) is 7.54. The molecule has 0 aromatic heterocycles. The molecule has 0 unspecified atom stereocenters. The summed E-state index contributed by atoms with van der Waals surface area (Å²) in [6.07, 6.45) is 13.9. The molecule has 0 aromatic rings. The van der Waals surface area contributed by atoms with Crippen molar-refractivity contribution in [2.24, 2.45) is 34.5 Å². The maximum atomic E-state index is 10.9. The van der Waals surface area contributed by atoms with Gasteiger partial charge in [0.15, 0.2) is 0 Å². The molecule has 0 heterocycles. The van der Waals surface area contributed by atoms with E-state index in [2.05, 4.69) is 20.8 Å². The van der Waals surface area contributed by atoms with Crippen molar-refractivity contribution >= 4 is 0 Å². The second-order valence-electron chi connectivity index (χ2n) is 9.67. The highest BCUT2D eigenvalue weighted by Crippen LogP contribution is 2.68. The molecular weight excluding hydrogens is 256 g/mol. The molecule has 0 radical (unpaired) electrons. The van der Waals surface area contributed by atoms with Crippen LogP contribution >= 0.6 is 0 Å². The van der Waals surface area contributed by atoms with Gasteiger partial charge in [-0.3, -0.25) is 0 Å². The van der Waals surface area contributed by atoms with Gasteiger partial charge in [-0.15, -0.1) is 0 Å². The summed E-state index contributed by atoms with van der Waals surface area (Å²) in [7, 11) is 0. The van der Waals surface area contributed by atoms with Crippen molar-refractivity contribution in [1.29, 1.82) is 0 Å². The van der Waals surface area contributed by atoms with Crippen LogP contribution in [0.5, 0.6) is 0 Å². The van der Waals surface area contributed by atoms with Crippen LogP contribution in [0.4, 0.5) is 0 Å². The van der Waals surface area contributed by atoms with Gasteiger partial charge in [0.2, 0.25) is 0 Å². The first-order chi connectivity index (χ1) is 9.88. The van der Waals surface area contributed by atoms with E-state index in [1.807, 2.05) is 0 Å². The summed E-state index contributed by atoms with van der Waals surface area (Å²) in [4.78, 5) is 0. The van der Waals surface area contributed by atoms with Crippen molar-refractivity contribution in [3.05, 3.63) is 0 Å². The lowest BCUT2D eigenvalue weighted by Gasteiger charge is -2.61. The topological polar surface area (TPSA) is 20.2 Å². The maximum Gasteiger partial charge on any atom is 0.0675 e. The molecule has 1 heteroatoms. The number of fused-ring (bicyclic) bond motifs is 5. The van der Waals surface area contributed by atoms with Crippen LogP contribution in [0.25, 0.3) is 0 Å². The molecule has 7 atom stereocenters. The van der Waals surface area contributed by atoms with E-state index >= 15 is 0 Å². The van der Waals surface area contributed by atoms with Crippen molar-refractivity contribution < 1.29 is 5.11 Å². The Labute approximate surface area is 130 Å². The highest BCUT2D eigenvalue weighted by molar-refractivity contribution is 5.12. The molecule has 1 N–H and O–H groups in total. The van der Waals surface area contributed by atoms with Crippen LogP contribution in [-0.2, 0) is 0 Å². The molecular formula is C20H34O. The molecule has 4 aliphatic carbocycles. The first kappa shape index (κ1) is 14.5. The van der Waals surface area contributed by atoms with Crippen molar-refractivity contribution in [2.75, 3.05) is 0 Å². The zero-order valence-corrected chi connectivity index (χ0v) is 14.3. The molecule has 0 aromatic carbocycles. The summed E-state index contributed by atoms with van der Waals surface area (Å²) >= 11 is 0. The van der Waals surface area contributed by atoms with Gasteiger partial charge in [0, 0.05) is 0 Å². The second-order valence-corrected chi connectivity index (χ2v) is 9.67. The van der Waals surface area contributed by atoms with Gasteiger partial charge < -0.3 is 5.11 Å². The van der Waals surface area contributed by atoms with E-state index < -0.39 is 5.60 Å². The fourth-order valence-electron chi connectivity index (χ4n) is 7.54. The van der Waals surface area contributed by atoms with Crippen LogP contribution in [-0.4, -0.2) is 10.7 Å². The van der Waals surface area contributed by atoms with Gasteiger partial charge in [-0.1, -0.05) is 26.7 Å². The number of hydrogen-bond acceptors (Lipinski definition) is 1. The largest absolute Gasteiger partial charge is 0.390 e. The summed E-state index contributed by atoms with van der Waals surface area (Å²) in [6.45, 7) is 7.18. The molecule has 1 nitrogen and oxygen atoms in total. The fraction of sp³-hybridized carbons (Fsp3) is 1.00. The van der Waals surface area contributed by atoms with Crippen molar-refractivity contribution in [3.8, 4) is 0 Å². The Balaban J connectivity index is 1.66. The first-order valence-electron chi connectivity index (χ1n) is 9.61. The van der Waals surface area contributed by atoms with Gasteiger partial charge in [-0.25, -0.2) is 0 Å². The first-order valence-corrected chi connectivity index (χ1v) is 9.61. The molecule has 21 heavy (non-hydrogen) atoms. The summed E-state index contributed by atoms with van der Waals surface area (Å²) in [5.41, 5.74) is 0.427. The summed E-state index contributed by atoms with van der Waals surface area (Å²) in [6, 6.07) is 0. The number of aliphatic hydroxyl groups is 1. The maximum absolute atomic E-state index is 10.9. The van der Waals surface area contributed by atoms with Gasteiger partial charge in [-0.2, -0.15) is 0 Å².